The van der Waals surface area contributed by atoms with E-state index in [1.165, 1.54) is 38.1 Å². The summed E-state index contributed by atoms with van der Waals surface area (Å²) in [5, 5.41) is 6.74. The topological polar surface area (TPSA) is 3.24 Å². The largest absolute Gasteiger partial charge is 0.338 e. The number of hydrogen-bond donors (Lipinski definition) is 0. The normalized spacial score (nSPS) is 12.1. The third kappa shape index (κ3) is 3.33. The summed E-state index contributed by atoms with van der Waals surface area (Å²) in [5.41, 5.74) is 2.54. The molecule has 4 aromatic rings. The zero-order valence-corrected chi connectivity index (χ0v) is 18.5. The van der Waals surface area contributed by atoms with Gasteiger partial charge in [0.15, 0.2) is 0 Å². The SMILES string of the molecule is CC(C)N(c1ccc([Si](C)(C)C)cc1)c1cc2ccccc2c2ccccc12. The number of nitrogens with zero attached hydrogens (tertiary/aromatic N) is 1. The predicted octanol–water partition coefficient (Wildman–Crippen LogP) is 7.08. The van der Waals surface area contributed by atoms with E-state index >= 15 is 0 Å². The highest BCUT2D eigenvalue weighted by Gasteiger charge is 2.20. The number of hydrogen-bond acceptors (Lipinski definition) is 1. The fraction of sp³-hybridized carbons (Fsp3) is 0.231. The van der Waals surface area contributed by atoms with Gasteiger partial charge in [-0.1, -0.05) is 85.5 Å². The smallest absolute Gasteiger partial charge is 0.0775 e. The summed E-state index contributed by atoms with van der Waals surface area (Å²) >= 11 is 0. The number of fused-ring (bicyclic) bond motifs is 3. The maximum Gasteiger partial charge on any atom is 0.0775 e. The monoisotopic (exact) mass is 383 g/mol. The van der Waals surface area contributed by atoms with Gasteiger partial charge < -0.3 is 4.90 Å². The lowest BCUT2D eigenvalue weighted by Crippen LogP contribution is -2.37. The van der Waals surface area contributed by atoms with Crippen molar-refractivity contribution in [2.75, 3.05) is 4.90 Å². The Hall–Kier alpha value is -2.58. The molecule has 28 heavy (non-hydrogen) atoms. The van der Waals surface area contributed by atoms with Crippen molar-refractivity contribution in [3.8, 4) is 0 Å². The highest BCUT2D eigenvalue weighted by molar-refractivity contribution is 6.88. The summed E-state index contributed by atoms with van der Waals surface area (Å²) in [5.74, 6) is 0. The molecule has 0 atom stereocenters. The maximum absolute atomic E-state index is 2.47. The van der Waals surface area contributed by atoms with Crippen LogP contribution in [0.4, 0.5) is 11.4 Å². The molecule has 2 heteroatoms. The van der Waals surface area contributed by atoms with E-state index in [9.17, 15) is 0 Å². The average molecular weight is 384 g/mol. The first-order valence-electron chi connectivity index (χ1n) is 10.2. The van der Waals surface area contributed by atoms with Crippen molar-refractivity contribution in [1.82, 2.24) is 0 Å². The van der Waals surface area contributed by atoms with Crippen molar-refractivity contribution < 1.29 is 0 Å². The average Bonchev–Trinajstić information content (AvgIpc) is 2.68. The van der Waals surface area contributed by atoms with E-state index in [1.54, 1.807) is 0 Å². The standard InChI is InChI=1S/C26H29NSi/c1-19(2)27(21-14-16-22(17-15-21)28(3,4)5)26-18-20-10-6-7-11-23(20)24-12-8-9-13-25(24)26/h6-19H,1-5H3. The van der Waals surface area contributed by atoms with Crippen LogP contribution >= 0.6 is 0 Å². The molecule has 0 bridgehead atoms. The first-order chi connectivity index (χ1) is 13.4. The Balaban J connectivity index is 1.94. The molecule has 0 fully saturated rings. The van der Waals surface area contributed by atoms with Gasteiger partial charge in [0.1, 0.15) is 0 Å². The molecular weight excluding hydrogens is 354 g/mol. The van der Waals surface area contributed by atoms with Gasteiger partial charge in [0.25, 0.3) is 0 Å². The number of anilines is 2. The van der Waals surface area contributed by atoms with E-state index in [1.807, 2.05) is 0 Å². The minimum atomic E-state index is -1.30. The van der Waals surface area contributed by atoms with Gasteiger partial charge in [-0.05, 0) is 48.2 Å². The zero-order chi connectivity index (χ0) is 19.9. The summed E-state index contributed by atoms with van der Waals surface area (Å²) in [6, 6.07) is 29.5. The first-order valence-corrected chi connectivity index (χ1v) is 13.7. The molecule has 0 aliphatic carbocycles. The molecule has 0 aliphatic rings. The van der Waals surface area contributed by atoms with Gasteiger partial charge >= 0.3 is 0 Å². The Morgan fingerprint density at radius 3 is 1.86 bits per heavy atom. The summed E-state index contributed by atoms with van der Waals surface area (Å²) in [4.78, 5) is 2.47. The van der Waals surface area contributed by atoms with Crippen LogP contribution in [0, 0.1) is 0 Å². The van der Waals surface area contributed by atoms with Crippen molar-refractivity contribution in [1.29, 1.82) is 0 Å². The van der Waals surface area contributed by atoms with Crippen molar-refractivity contribution in [2.24, 2.45) is 0 Å². The summed E-state index contributed by atoms with van der Waals surface area (Å²) in [6.45, 7) is 11.8. The van der Waals surface area contributed by atoms with Crippen molar-refractivity contribution in [3.63, 3.8) is 0 Å². The minimum Gasteiger partial charge on any atom is -0.338 e. The van der Waals surface area contributed by atoms with Crippen LogP contribution in [0.1, 0.15) is 13.8 Å². The van der Waals surface area contributed by atoms with Gasteiger partial charge in [-0.2, -0.15) is 0 Å². The maximum atomic E-state index is 2.47. The Bertz CT molecular complexity index is 1120. The molecule has 0 saturated heterocycles. The Kier molecular flexibility index (Phi) is 4.76. The third-order valence-electron chi connectivity index (χ3n) is 5.53. The molecule has 0 aromatic heterocycles. The van der Waals surface area contributed by atoms with E-state index in [0.717, 1.165) is 0 Å². The lowest BCUT2D eigenvalue weighted by atomic mass is 9.99. The Labute approximate surface area is 169 Å². The van der Waals surface area contributed by atoms with Crippen LogP contribution in [-0.2, 0) is 0 Å². The zero-order valence-electron chi connectivity index (χ0n) is 17.5. The molecule has 0 heterocycles. The van der Waals surface area contributed by atoms with Crippen LogP contribution in [0.15, 0.2) is 78.9 Å². The van der Waals surface area contributed by atoms with Crippen molar-refractivity contribution in [3.05, 3.63) is 78.9 Å². The molecule has 4 rings (SSSR count). The van der Waals surface area contributed by atoms with Crippen molar-refractivity contribution >= 4 is 46.2 Å². The van der Waals surface area contributed by atoms with Gasteiger partial charge in [-0.15, -0.1) is 0 Å². The fourth-order valence-electron chi connectivity index (χ4n) is 4.07. The molecule has 4 aromatic carbocycles. The van der Waals surface area contributed by atoms with Gasteiger partial charge in [-0.3, -0.25) is 0 Å². The van der Waals surface area contributed by atoms with Crippen LogP contribution in [0.25, 0.3) is 21.5 Å². The second-order valence-electron chi connectivity index (χ2n) is 8.92. The second kappa shape index (κ2) is 7.10. The molecule has 0 radical (unpaired) electrons. The van der Waals surface area contributed by atoms with Gasteiger partial charge in [0, 0.05) is 22.8 Å². The van der Waals surface area contributed by atoms with Gasteiger partial charge in [0.2, 0.25) is 0 Å². The number of rotatable bonds is 4. The van der Waals surface area contributed by atoms with Crippen LogP contribution in [0.5, 0.6) is 0 Å². The number of benzene rings is 4. The van der Waals surface area contributed by atoms with E-state index in [0.29, 0.717) is 6.04 Å². The molecule has 0 spiro atoms. The molecule has 142 valence electrons. The van der Waals surface area contributed by atoms with Crippen LogP contribution in [0.2, 0.25) is 19.6 Å². The summed E-state index contributed by atoms with van der Waals surface area (Å²) in [6.07, 6.45) is 0. The summed E-state index contributed by atoms with van der Waals surface area (Å²) < 4.78 is 0. The predicted molar refractivity (Wildman–Crippen MR) is 128 cm³/mol. The molecule has 0 saturated carbocycles. The van der Waals surface area contributed by atoms with Crippen LogP contribution < -0.4 is 10.1 Å². The van der Waals surface area contributed by atoms with Gasteiger partial charge in [-0.25, -0.2) is 0 Å². The molecule has 0 amide bonds. The van der Waals surface area contributed by atoms with E-state index < -0.39 is 8.07 Å². The van der Waals surface area contributed by atoms with Gasteiger partial charge in [0.05, 0.1) is 8.07 Å². The van der Waals surface area contributed by atoms with Crippen LogP contribution in [0.3, 0.4) is 0 Å². The van der Waals surface area contributed by atoms with E-state index in [2.05, 4.69) is 117 Å². The lowest BCUT2D eigenvalue weighted by Gasteiger charge is -2.31. The van der Waals surface area contributed by atoms with E-state index in [4.69, 9.17) is 0 Å². The molecule has 0 unspecified atom stereocenters. The Morgan fingerprint density at radius 2 is 1.25 bits per heavy atom. The van der Waals surface area contributed by atoms with Crippen molar-refractivity contribution in [2.45, 2.75) is 39.5 Å². The molecule has 0 aliphatic heterocycles. The second-order valence-corrected chi connectivity index (χ2v) is 14.0. The minimum absolute atomic E-state index is 0.363. The molecule has 1 nitrogen and oxygen atoms in total. The lowest BCUT2D eigenvalue weighted by molar-refractivity contribution is 0.792. The highest BCUT2D eigenvalue weighted by Crippen LogP contribution is 2.38. The fourth-order valence-corrected chi connectivity index (χ4v) is 5.24. The molecular formula is C26H29NSi. The summed E-state index contributed by atoms with van der Waals surface area (Å²) in [7, 11) is -1.30. The van der Waals surface area contributed by atoms with Crippen LogP contribution in [-0.4, -0.2) is 14.1 Å². The molecule has 0 N–H and O–H groups in total. The third-order valence-corrected chi connectivity index (χ3v) is 7.60. The van der Waals surface area contributed by atoms with E-state index in [-0.39, 0.29) is 0 Å². The Morgan fingerprint density at radius 1 is 0.679 bits per heavy atom. The quantitative estimate of drug-likeness (QED) is 0.269. The highest BCUT2D eigenvalue weighted by atomic mass is 28.3. The first kappa shape index (κ1) is 18.8.